The lowest BCUT2D eigenvalue weighted by Crippen LogP contribution is -2.46. The molecule has 5 heteroatoms. The van der Waals surface area contributed by atoms with Crippen molar-refractivity contribution in [3.05, 3.63) is 24.3 Å². The molecule has 1 rings (SSSR count). The fraction of sp³-hybridized carbons (Fsp3) is 0.417. The smallest absolute Gasteiger partial charge is 0.241 e. The fourth-order valence-electron chi connectivity index (χ4n) is 1.68. The molecule has 0 atom stereocenters. The summed E-state index contributed by atoms with van der Waals surface area (Å²) >= 11 is 0. The maximum atomic E-state index is 11.6. The van der Waals surface area contributed by atoms with Gasteiger partial charge >= 0.3 is 0 Å². The summed E-state index contributed by atoms with van der Waals surface area (Å²) in [5.41, 5.74) is 2.41. The van der Waals surface area contributed by atoms with E-state index in [4.69, 9.17) is 5.84 Å². The highest BCUT2D eigenvalue weighted by Crippen LogP contribution is 2.23. The third-order valence-electron chi connectivity index (χ3n) is 2.65. The number of nitrogens with zero attached hydrogens (tertiary/aromatic N) is 1. The van der Waals surface area contributed by atoms with E-state index in [9.17, 15) is 9.90 Å². The van der Waals surface area contributed by atoms with E-state index in [2.05, 4.69) is 5.43 Å². The number of carbonyl (C=O) groups excluding carboxylic acids is 1. The molecule has 0 aromatic heterocycles. The number of carbonyl (C=O) groups is 1. The maximum absolute atomic E-state index is 11.6. The van der Waals surface area contributed by atoms with E-state index < -0.39 is 5.41 Å². The van der Waals surface area contributed by atoms with Gasteiger partial charge in [0.15, 0.2) is 0 Å². The van der Waals surface area contributed by atoms with Gasteiger partial charge in [0.1, 0.15) is 5.75 Å². The van der Waals surface area contributed by atoms with Gasteiger partial charge in [-0.25, -0.2) is 5.84 Å². The van der Waals surface area contributed by atoms with Crippen molar-refractivity contribution in [1.82, 2.24) is 5.43 Å². The van der Waals surface area contributed by atoms with Crippen LogP contribution in [0.1, 0.15) is 13.8 Å². The van der Waals surface area contributed by atoms with Crippen molar-refractivity contribution in [2.75, 3.05) is 18.5 Å². The molecule has 0 bridgehead atoms. The molecule has 0 aliphatic heterocycles. The SMILES string of the molecule is CN(CC(C)(C)C(=O)NN)c1cccc(O)c1. The molecule has 4 N–H and O–H groups in total. The van der Waals surface area contributed by atoms with Crippen LogP contribution in [0.2, 0.25) is 0 Å². The predicted octanol–water partition coefficient (Wildman–Crippen LogP) is 0.844. The van der Waals surface area contributed by atoms with Crippen LogP contribution in [0.25, 0.3) is 0 Å². The molecule has 0 aliphatic rings. The van der Waals surface area contributed by atoms with Crippen LogP contribution in [0.5, 0.6) is 5.75 Å². The Hall–Kier alpha value is -1.75. The Labute approximate surface area is 101 Å². The number of amides is 1. The van der Waals surface area contributed by atoms with E-state index in [0.717, 1.165) is 5.69 Å². The van der Waals surface area contributed by atoms with Crippen molar-refractivity contribution in [2.24, 2.45) is 11.3 Å². The third-order valence-corrected chi connectivity index (χ3v) is 2.65. The number of aromatic hydroxyl groups is 1. The van der Waals surface area contributed by atoms with Crippen LogP contribution in [-0.2, 0) is 4.79 Å². The number of hydrazine groups is 1. The monoisotopic (exact) mass is 237 g/mol. The first-order valence-corrected chi connectivity index (χ1v) is 5.38. The van der Waals surface area contributed by atoms with Crippen molar-refractivity contribution < 1.29 is 9.90 Å². The topological polar surface area (TPSA) is 78.6 Å². The molecule has 0 heterocycles. The lowest BCUT2D eigenvalue weighted by molar-refractivity contribution is -0.128. The van der Waals surface area contributed by atoms with Crippen LogP contribution in [-0.4, -0.2) is 24.6 Å². The van der Waals surface area contributed by atoms with Crippen molar-refractivity contribution in [2.45, 2.75) is 13.8 Å². The number of hydrogen-bond donors (Lipinski definition) is 3. The fourth-order valence-corrected chi connectivity index (χ4v) is 1.68. The van der Waals surface area contributed by atoms with Crippen molar-refractivity contribution >= 4 is 11.6 Å². The first-order chi connectivity index (χ1) is 7.86. The second kappa shape index (κ2) is 5.05. The predicted molar refractivity (Wildman–Crippen MR) is 67.5 cm³/mol. The standard InChI is InChI=1S/C12H19N3O2/c1-12(2,11(17)14-13)8-15(3)9-5-4-6-10(16)7-9/h4-7,16H,8,13H2,1-3H3,(H,14,17). The summed E-state index contributed by atoms with van der Waals surface area (Å²) in [7, 11) is 1.86. The zero-order valence-corrected chi connectivity index (χ0v) is 10.4. The van der Waals surface area contributed by atoms with Crippen LogP contribution >= 0.6 is 0 Å². The number of nitrogens with two attached hydrogens (primary N) is 1. The van der Waals surface area contributed by atoms with Gasteiger partial charge in [-0.1, -0.05) is 6.07 Å². The molecule has 94 valence electrons. The number of anilines is 1. The number of benzene rings is 1. The minimum absolute atomic E-state index is 0.204. The number of nitrogens with one attached hydrogen (secondary N) is 1. The van der Waals surface area contributed by atoms with Crippen molar-refractivity contribution in [3.63, 3.8) is 0 Å². The quantitative estimate of drug-likeness (QED) is 0.412. The van der Waals surface area contributed by atoms with Gasteiger partial charge in [0, 0.05) is 25.3 Å². The summed E-state index contributed by atoms with van der Waals surface area (Å²) in [4.78, 5) is 13.5. The Morgan fingerprint density at radius 2 is 2.18 bits per heavy atom. The summed E-state index contributed by atoms with van der Waals surface area (Å²) in [5.74, 6) is 5.12. The normalized spacial score (nSPS) is 11.1. The molecule has 0 saturated carbocycles. The van der Waals surface area contributed by atoms with Crippen LogP contribution in [0.15, 0.2) is 24.3 Å². The van der Waals surface area contributed by atoms with Crippen LogP contribution in [0, 0.1) is 5.41 Å². The van der Waals surface area contributed by atoms with Crippen LogP contribution in [0.4, 0.5) is 5.69 Å². The number of phenols is 1. The molecule has 0 fully saturated rings. The second-order valence-corrected chi connectivity index (χ2v) is 4.73. The van der Waals surface area contributed by atoms with Gasteiger partial charge in [0.2, 0.25) is 5.91 Å². The zero-order valence-electron chi connectivity index (χ0n) is 10.4. The number of phenolic OH excluding ortho intramolecular Hbond substituents is 1. The number of hydrogen-bond acceptors (Lipinski definition) is 4. The van der Waals surface area contributed by atoms with Gasteiger partial charge in [-0.3, -0.25) is 10.2 Å². The highest BCUT2D eigenvalue weighted by atomic mass is 16.3. The van der Waals surface area contributed by atoms with E-state index in [-0.39, 0.29) is 11.7 Å². The summed E-state index contributed by atoms with van der Waals surface area (Å²) < 4.78 is 0. The Morgan fingerprint density at radius 3 is 2.71 bits per heavy atom. The van der Waals surface area contributed by atoms with Gasteiger partial charge in [-0.05, 0) is 26.0 Å². The average Bonchev–Trinajstić information content (AvgIpc) is 2.27. The highest BCUT2D eigenvalue weighted by Gasteiger charge is 2.28. The van der Waals surface area contributed by atoms with E-state index in [1.807, 2.05) is 31.9 Å². The largest absolute Gasteiger partial charge is 0.508 e. The molecule has 1 aromatic rings. The van der Waals surface area contributed by atoms with Crippen molar-refractivity contribution in [1.29, 1.82) is 0 Å². The molecule has 0 spiro atoms. The first kappa shape index (κ1) is 13.3. The lowest BCUT2D eigenvalue weighted by atomic mass is 9.92. The summed E-state index contributed by atoms with van der Waals surface area (Å²) in [6, 6.07) is 6.89. The Morgan fingerprint density at radius 1 is 1.53 bits per heavy atom. The molecule has 1 amide bonds. The van der Waals surface area contributed by atoms with Gasteiger partial charge < -0.3 is 10.0 Å². The molecule has 0 radical (unpaired) electrons. The highest BCUT2D eigenvalue weighted by molar-refractivity contribution is 5.82. The van der Waals surface area contributed by atoms with Crippen LogP contribution in [0.3, 0.4) is 0 Å². The number of rotatable bonds is 4. The van der Waals surface area contributed by atoms with Crippen molar-refractivity contribution in [3.8, 4) is 5.75 Å². The first-order valence-electron chi connectivity index (χ1n) is 5.38. The summed E-state index contributed by atoms with van der Waals surface area (Å²) in [6.45, 7) is 4.13. The summed E-state index contributed by atoms with van der Waals surface area (Å²) in [5, 5.41) is 9.39. The molecular weight excluding hydrogens is 218 g/mol. The van der Waals surface area contributed by atoms with E-state index in [0.29, 0.717) is 6.54 Å². The molecule has 1 aromatic carbocycles. The van der Waals surface area contributed by atoms with Crippen LogP contribution < -0.4 is 16.2 Å². The molecule has 17 heavy (non-hydrogen) atoms. The Kier molecular flexibility index (Phi) is 3.96. The third kappa shape index (κ3) is 3.35. The van der Waals surface area contributed by atoms with Gasteiger partial charge in [0.05, 0.1) is 5.41 Å². The minimum Gasteiger partial charge on any atom is -0.508 e. The van der Waals surface area contributed by atoms with E-state index in [1.54, 1.807) is 18.2 Å². The van der Waals surface area contributed by atoms with Gasteiger partial charge in [0.25, 0.3) is 0 Å². The molecule has 0 aliphatic carbocycles. The van der Waals surface area contributed by atoms with E-state index in [1.165, 1.54) is 0 Å². The second-order valence-electron chi connectivity index (χ2n) is 4.73. The minimum atomic E-state index is -0.602. The average molecular weight is 237 g/mol. The van der Waals surface area contributed by atoms with E-state index >= 15 is 0 Å². The molecule has 5 nitrogen and oxygen atoms in total. The maximum Gasteiger partial charge on any atom is 0.241 e. The Balaban J connectivity index is 2.79. The molecule has 0 unspecified atom stereocenters. The zero-order chi connectivity index (χ0) is 13.1. The Bertz CT molecular complexity index is 404. The molecular formula is C12H19N3O2. The summed E-state index contributed by atoms with van der Waals surface area (Å²) in [6.07, 6.45) is 0. The van der Waals surface area contributed by atoms with Gasteiger partial charge in [-0.15, -0.1) is 0 Å². The van der Waals surface area contributed by atoms with Gasteiger partial charge in [-0.2, -0.15) is 0 Å². The molecule has 0 saturated heterocycles. The lowest BCUT2D eigenvalue weighted by Gasteiger charge is -2.29.